The third kappa shape index (κ3) is 3.17. The second-order valence-electron chi connectivity index (χ2n) is 5.57. The number of hydrogen-bond acceptors (Lipinski definition) is 4. The van der Waals surface area contributed by atoms with Gasteiger partial charge in [-0.25, -0.2) is 4.39 Å². The van der Waals surface area contributed by atoms with Gasteiger partial charge in [0.1, 0.15) is 5.82 Å². The van der Waals surface area contributed by atoms with E-state index < -0.39 is 0 Å². The fourth-order valence-corrected chi connectivity index (χ4v) is 2.88. The largest absolute Gasteiger partial charge is 0.377 e. The standard InChI is InChI=1S/C17H17FN2O3/c1-12-5-6-15(10-16(12)20(21)22)19-7-8-23-11-17(19)13-3-2-4-14(18)9-13/h2-6,9-10,17H,7-8,11H2,1H3. The normalized spacial score (nSPS) is 18.0. The van der Waals surface area contributed by atoms with E-state index in [1.54, 1.807) is 25.1 Å². The van der Waals surface area contributed by atoms with Crippen molar-refractivity contribution in [1.82, 2.24) is 0 Å². The van der Waals surface area contributed by atoms with Crippen LogP contribution in [0.25, 0.3) is 0 Å². The quantitative estimate of drug-likeness (QED) is 0.641. The third-order valence-corrected chi connectivity index (χ3v) is 4.08. The number of anilines is 1. The van der Waals surface area contributed by atoms with E-state index in [-0.39, 0.29) is 22.5 Å². The summed E-state index contributed by atoms with van der Waals surface area (Å²) < 4.78 is 19.1. The van der Waals surface area contributed by atoms with Gasteiger partial charge in [0.2, 0.25) is 0 Å². The number of ether oxygens (including phenoxy) is 1. The predicted octanol–water partition coefficient (Wildman–Crippen LogP) is 3.62. The van der Waals surface area contributed by atoms with Crippen molar-refractivity contribution >= 4 is 11.4 Å². The van der Waals surface area contributed by atoms with Gasteiger partial charge in [-0.15, -0.1) is 0 Å². The first kappa shape index (κ1) is 15.4. The molecule has 23 heavy (non-hydrogen) atoms. The van der Waals surface area contributed by atoms with E-state index in [4.69, 9.17) is 4.74 Å². The molecule has 0 radical (unpaired) electrons. The van der Waals surface area contributed by atoms with Crippen LogP contribution in [0.2, 0.25) is 0 Å². The van der Waals surface area contributed by atoms with Gasteiger partial charge in [0, 0.05) is 23.9 Å². The molecule has 1 heterocycles. The summed E-state index contributed by atoms with van der Waals surface area (Å²) in [5.41, 5.74) is 2.26. The first-order valence-corrected chi connectivity index (χ1v) is 7.41. The number of nitro benzene ring substituents is 1. The van der Waals surface area contributed by atoms with Gasteiger partial charge in [0.15, 0.2) is 0 Å². The lowest BCUT2D eigenvalue weighted by atomic mass is 10.0. The summed E-state index contributed by atoms with van der Waals surface area (Å²) in [6, 6.07) is 11.4. The molecule has 1 atom stereocenters. The molecule has 0 bridgehead atoms. The van der Waals surface area contributed by atoms with E-state index in [0.717, 1.165) is 11.3 Å². The van der Waals surface area contributed by atoms with Gasteiger partial charge in [-0.05, 0) is 30.7 Å². The second-order valence-corrected chi connectivity index (χ2v) is 5.57. The molecule has 2 aromatic rings. The van der Waals surface area contributed by atoms with Gasteiger partial charge >= 0.3 is 0 Å². The van der Waals surface area contributed by atoms with Crippen molar-refractivity contribution in [2.75, 3.05) is 24.7 Å². The van der Waals surface area contributed by atoms with Crippen LogP contribution in [0, 0.1) is 22.9 Å². The number of morpholine rings is 1. The highest BCUT2D eigenvalue weighted by atomic mass is 19.1. The Morgan fingerprint density at radius 2 is 2.13 bits per heavy atom. The van der Waals surface area contributed by atoms with Crippen LogP contribution in [0.3, 0.4) is 0 Å². The van der Waals surface area contributed by atoms with E-state index in [0.29, 0.717) is 25.3 Å². The highest BCUT2D eigenvalue weighted by molar-refractivity contribution is 5.58. The zero-order chi connectivity index (χ0) is 16.4. The van der Waals surface area contributed by atoms with Crippen LogP contribution in [0.5, 0.6) is 0 Å². The monoisotopic (exact) mass is 316 g/mol. The maximum absolute atomic E-state index is 13.5. The zero-order valence-corrected chi connectivity index (χ0v) is 12.7. The lowest BCUT2D eigenvalue weighted by Gasteiger charge is -2.37. The maximum Gasteiger partial charge on any atom is 0.274 e. The fourth-order valence-electron chi connectivity index (χ4n) is 2.88. The number of aryl methyl sites for hydroxylation is 1. The van der Waals surface area contributed by atoms with Gasteiger partial charge in [-0.3, -0.25) is 10.1 Å². The van der Waals surface area contributed by atoms with Gasteiger partial charge < -0.3 is 9.64 Å². The Morgan fingerprint density at radius 1 is 1.30 bits per heavy atom. The van der Waals surface area contributed by atoms with E-state index in [2.05, 4.69) is 0 Å². The van der Waals surface area contributed by atoms with Gasteiger partial charge in [-0.1, -0.05) is 18.2 Å². The third-order valence-electron chi connectivity index (χ3n) is 4.08. The molecule has 0 aromatic heterocycles. The lowest BCUT2D eigenvalue weighted by molar-refractivity contribution is -0.385. The Morgan fingerprint density at radius 3 is 2.87 bits per heavy atom. The molecule has 0 saturated carbocycles. The van der Waals surface area contributed by atoms with Crippen molar-refractivity contribution < 1.29 is 14.1 Å². The van der Waals surface area contributed by atoms with Crippen LogP contribution < -0.4 is 4.90 Å². The molecule has 0 aliphatic carbocycles. The molecule has 0 spiro atoms. The molecule has 3 rings (SSSR count). The zero-order valence-electron chi connectivity index (χ0n) is 12.7. The number of rotatable bonds is 3. The minimum absolute atomic E-state index is 0.0898. The average Bonchev–Trinajstić information content (AvgIpc) is 2.55. The van der Waals surface area contributed by atoms with Crippen molar-refractivity contribution in [1.29, 1.82) is 0 Å². The molecule has 120 valence electrons. The highest BCUT2D eigenvalue weighted by Gasteiger charge is 2.26. The van der Waals surface area contributed by atoms with E-state index >= 15 is 0 Å². The van der Waals surface area contributed by atoms with Crippen LogP contribution in [0.4, 0.5) is 15.8 Å². The molecule has 1 unspecified atom stereocenters. The Kier molecular flexibility index (Phi) is 4.25. The van der Waals surface area contributed by atoms with Crippen LogP contribution in [-0.4, -0.2) is 24.7 Å². The first-order valence-electron chi connectivity index (χ1n) is 7.41. The van der Waals surface area contributed by atoms with Crippen molar-refractivity contribution in [2.24, 2.45) is 0 Å². The van der Waals surface area contributed by atoms with E-state index in [9.17, 15) is 14.5 Å². The molecule has 1 aliphatic heterocycles. The predicted molar refractivity (Wildman–Crippen MR) is 85.1 cm³/mol. The van der Waals surface area contributed by atoms with Crippen molar-refractivity contribution in [2.45, 2.75) is 13.0 Å². The molecule has 1 fully saturated rings. The van der Waals surface area contributed by atoms with E-state index in [1.165, 1.54) is 12.1 Å². The average molecular weight is 316 g/mol. The van der Waals surface area contributed by atoms with E-state index in [1.807, 2.05) is 17.0 Å². The van der Waals surface area contributed by atoms with Gasteiger partial charge in [-0.2, -0.15) is 0 Å². The molecule has 5 nitrogen and oxygen atoms in total. The van der Waals surface area contributed by atoms with Gasteiger partial charge in [0.25, 0.3) is 5.69 Å². The highest BCUT2D eigenvalue weighted by Crippen LogP contribution is 2.33. The fraction of sp³-hybridized carbons (Fsp3) is 0.294. The van der Waals surface area contributed by atoms with Crippen LogP contribution in [0.15, 0.2) is 42.5 Å². The topological polar surface area (TPSA) is 55.6 Å². The molecule has 0 amide bonds. The Labute approximate surface area is 133 Å². The minimum Gasteiger partial charge on any atom is -0.377 e. The molecular formula is C17H17FN2O3. The summed E-state index contributed by atoms with van der Waals surface area (Å²) in [7, 11) is 0. The molecule has 1 saturated heterocycles. The van der Waals surface area contributed by atoms with Crippen molar-refractivity contribution in [3.63, 3.8) is 0 Å². The molecule has 1 aliphatic rings. The number of benzene rings is 2. The SMILES string of the molecule is Cc1ccc(N2CCOCC2c2cccc(F)c2)cc1[N+](=O)[O-]. The smallest absolute Gasteiger partial charge is 0.274 e. The summed E-state index contributed by atoms with van der Waals surface area (Å²) in [4.78, 5) is 12.8. The van der Waals surface area contributed by atoms with Crippen LogP contribution >= 0.6 is 0 Å². The minimum atomic E-state index is -0.379. The summed E-state index contributed by atoms with van der Waals surface area (Å²) >= 11 is 0. The summed E-state index contributed by atoms with van der Waals surface area (Å²) in [6.07, 6.45) is 0. The second kappa shape index (κ2) is 6.34. The molecule has 6 heteroatoms. The molecule has 2 aromatic carbocycles. The number of nitro groups is 1. The molecular weight excluding hydrogens is 299 g/mol. The summed E-state index contributed by atoms with van der Waals surface area (Å²) in [5.74, 6) is -0.303. The Bertz CT molecular complexity index is 736. The van der Waals surface area contributed by atoms with Crippen molar-refractivity contribution in [3.05, 3.63) is 69.5 Å². The van der Waals surface area contributed by atoms with Crippen molar-refractivity contribution in [3.8, 4) is 0 Å². The Balaban J connectivity index is 1.99. The summed E-state index contributed by atoms with van der Waals surface area (Å²) in [5, 5.41) is 11.2. The maximum atomic E-state index is 13.5. The van der Waals surface area contributed by atoms with Crippen LogP contribution in [0.1, 0.15) is 17.2 Å². The number of hydrogen-bond donors (Lipinski definition) is 0. The molecule has 0 N–H and O–H groups in total. The first-order chi connectivity index (χ1) is 11.1. The lowest BCUT2D eigenvalue weighted by Crippen LogP contribution is -2.39. The summed E-state index contributed by atoms with van der Waals surface area (Å²) in [6.45, 7) is 3.27. The number of halogens is 1. The van der Waals surface area contributed by atoms with Gasteiger partial charge in [0.05, 0.1) is 24.2 Å². The number of nitrogens with zero attached hydrogens (tertiary/aromatic N) is 2. The van der Waals surface area contributed by atoms with Crippen LogP contribution in [-0.2, 0) is 4.74 Å². The Hall–Kier alpha value is -2.47.